The minimum Gasteiger partial charge on any atom is -0.279 e. The summed E-state index contributed by atoms with van der Waals surface area (Å²) in [4.78, 5) is 27.4. The maximum absolute atomic E-state index is 12.6. The number of hydrogen-bond donors (Lipinski definition) is 0. The van der Waals surface area contributed by atoms with Gasteiger partial charge in [-0.05, 0) is 25.7 Å². The van der Waals surface area contributed by atoms with Gasteiger partial charge in [0, 0.05) is 15.7 Å². The zero-order chi connectivity index (χ0) is 13.6. The zero-order valence-electron chi connectivity index (χ0n) is 10.9. The van der Waals surface area contributed by atoms with Gasteiger partial charge in [0.15, 0.2) is 0 Å². The van der Waals surface area contributed by atoms with Crippen LogP contribution >= 0.6 is 31.9 Å². The Hall–Kier alpha value is 0.1000. The molecule has 106 valence electrons. The molecule has 1 saturated heterocycles. The molecule has 19 heavy (non-hydrogen) atoms. The van der Waals surface area contributed by atoms with Crippen molar-refractivity contribution in [3.8, 4) is 0 Å². The lowest BCUT2D eigenvalue weighted by molar-refractivity contribution is -0.143. The predicted molar refractivity (Wildman–Crippen MR) is 80.4 cm³/mol. The highest BCUT2D eigenvalue weighted by Crippen LogP contribution is 2.44. The molecule has 0 spiro atoms. The van der Waals surface area contributed by atoms with E-state index in [0.29, 0.717) is 9.65 Å². The van der Waals surface area contributed by atoms with Crippen molar-refractivity contribution in [2.24, 2.45) is 11.8 Å². The number of rotatable bonds is 1. The second-order valence-corrected chi connectivity index (χ2v) is 8.41. The molecule has 2 amide bonds. The summed E-state index contributed by atoms with van der Waals surface area (Å²) in [6.07, 6.45) is 7.13. The summed E-state index contributed by atoms with van der Waals surface area (Å²) in [5.74, 6) is 0.0525. The smallest absolute Gasteiger partial charge is 0.233 e. The van der Waals surface area contributed by atoms with E-state index in [1.54, 1.807) is 4.90 Å². The number of imide groups is 1. The maximum Gasteiger partial charge on any atom is 0.233 e. The summed E-state index contributed by atoms with van der Waals surface area (Å²) >= 11 is 7.25. The zero-order valence-corrected chi connectivity index (χ0v) is 14.0. The van der Waals surface area contributed by atoms with Gasteiger partial charge in [0.1, 0.15) is 0 Å². The first-order chi connectivity index (χ1) is 9.09. The number of nitrogens with zero attached hydrogens (tertiary/aromatic N) is 1. The van der Waals surface area contributed by atoms with Crippen LogP contribution in [-0.2, 0) is 9.59 Å². The van der Waals surface area contributed by atoms with Gasteiger partial charge in [-0.25, -0.2) is 0 Å². The monoisotopic (exact) mass is 391 g/mol. The standard InChI is InChI=1S/C14H19Br2NO2/c15-11-6-9-10(7-12(11)16)14(19)17(13(9)18)8-4-2-1-3-5-8/h8-12H,1-7H2/t9-,10+,11-,12+. The summed E-state index contributed by atoms with van der Waals surface area (Å²) in [7, 11) is 0. The van der Waals surface area contributed by atoms with Crippen LogP contribution in [-0.4, -0.2) is 32.4 Å². The number of hydrogen-bond acceptors (Lipinski definition) is 2. The van der Waals surface area contributed by atoms with Crippen LogP contribution in [0.5, 0.6) is 0 Å². The molecule has 3 aliphatic rings. The Labute approximate surface area is 130 Å². The number of alkyl halides is 2. The molecule has 0 aromatic heterocycles. The van der Waals surface area contributed by atoms with Crippen molar-refractivity contribution in [1.82, 2.24) is 4.90 Å². The Morgan fingerprint density at radius 1 is 0.842 bits per heavy atom. The van der Waals surface area contributed by atoms with Gasteiger partial charge in [0.25, 0.3) is 0 Å². The van der Waals surface area contributed by atoms with Gasteiger partial charge >= 0.3 is 0 Å². The van der Waals surface area contributed by atoms with E-state index in [1.165, 1.54) is 6.42 Å². The molecule has 0 bridgehead atoms. The second-order valence-electron chi connectivity index (χ2n) is 6.05. The van der Waals surface area contributed by atoms with Gasteiger partial charge in [-0.2, -0.15) is 0 Å². The number of likely N-dealkylation sites (tertiary alicyclic amines) is 1. The van der Waals surface area contributed by atoms with Gasteiger partial charge in [0.2, 0.25) is 11.8 Å². The third-order valence-corrected chi connectivity index (χ3v) is 7.62. The van der Waals surface area contributed by atoms with Gasteiger partial charge in [0.05, 0.1) is 11.8 Å². The van der Waals surface area contributed by atoms with E-state index in [2.05, 4.69) is 31.9 Å². The average molecular weight is 393 g/mol. The van der Waals surface area contributed by atoms with Crippen molar-refractivity contribution in [3.05, 3.63) is 0 Å². The van der Waals surface area contributed by atoms with Crippen LogP contribution in [0, 0.1) is 11.8 Å². The average Bonchev–Trinajstić information content (AvgIpc) is 2.64. The van der Waals surface area contributed by atoms with Crippen molar-refractivity contribution in [2.45, 2.75) is 60.6 Å². The highest BCUT2D eigenvalue weighted by Gasteiger charge is 2.53. The molecule has 0 aromatic carbocycles. The van der Waals surface area contributed by atoms with Gasteiger partial charge in [-0.1, -0.05) is 51.1 Å². The van der Waals surface area contributed by atoms with Crippen LogP contribution in [0.1, 0.15) is 44.9 Å². The summed E-state index contributed by atoms with van der Waals surface area (Å²) in [6.45, 7) is 0. The Morgan fingerprint density at radius 3 is 1.79 bits per heavy atom. The molecule has 0 unspecified atom stereocenters. The van der Waals surface area contributed by atoms with E-state index in [9.17, 15) is 9.59 Å². The highest BCUT2D eigenvalue weighted by atomic mass is 79.9. The van der Waals surface area contributed by atoms with Gasteiger partial charge in [-0.15, -0.1) is 0 Å². The molecule has 4 atom stereocenters. The molecular formula is C14H19Br2NO2. The molecule has 3 nitrogen and oxygen atoms in total. The highest BCUT2D eigenvalue weighted by molar-refractivity contribution is 9.12. The third-order valence-electron chi connectivity index (χ3n) is 4.89. The molecule has 3 fully saturated rings. The van der Waals surface area contributed by atoms with Crippen LogP contribution in [0.3, 0.4) is 0 Å². The number of carbonyl (C=O) groups excluding carboxylic acids is 2. The van der Waals surface area contributed by atoms with Crippen LogP contribution in [0.25, 0.3) is 0 Å². The fourth-order valence-electron chi connectivity index (χ4n) is 3.82. The molecule has 1 heterocycles. The minimum absolute atomic E-state index is 0.0763. The van der Waals surface area contributed by atoms with E-state index in [-0.39, 0.29) is 29.7 Å². The Balaban J connectivity index is 1.80. The van der Waals surface area contributed by atoms with Crippen LogP contribution in [0.15, 0.2) is 0 Å². The molecule has 0 N–H and O–H groups in total. The molecule has 5 heteroatoms. The SMILES string of the molecule is O=C1[C@H]2C[C@H](Br)[C@H](Br)C[C@H]2C(=O)N1C1CCCCC1. The van der Waals surface area contributed by atoms with Crippen molar-refractivity contribution in [1.29, 1.82) is 0 Å². The van der Waals surface area contributed by atoms with E-state index in [1.807, 2.05) is 0 Å². The summed E-state index contributed by atoms with van der Waals surface area (Å²) < 4.78 is 0. The Kier molecular flexibility index (Phi) is 4.05. The Bertz CT molecular complexity index is 367. The third kappa shape index (κ3) is 2.41. The van der Waals surface area contributed by atoms with Gasteiger partial charge in [-0.3, -0.25) is 14.5 Å². The molecule has 1 aliphatic heterocycles. The van der Waals surface area contributed by atoms with Crippen LogP contribution < -0.4 is 0 Å². The minimum atomic E-state index is -0.0763. The molecular weight excluding hydrogens is 374 g/mol. The fraction of sp³-hybridized carbons (Fsp3) is 0.857. The summed E-state index contributed by atoms with van der Waals surface area (Å²) in [6, 6.07) is 0.182. The first kappa shape index (κ1) is 14.1. The van der Waals surface area contributed by atoms with Crippen molar-refractivity contribution in [2.75, 3.05) is 0 Å². The second kappa shape index (κ2) is 5.47. The molecule has 2 aliphatic carbocycles. The lowest BCUT2D eigenvalue weighted by Gasteiger charge is -2.29. The summed E-state index contributed by atoms with van der Waals surface area (Å²) in [5.41, 5.74) is 0. The van der Waals surface area contributed by atoms with E-state index >= 15 is 0 Å². The van der Waals surface area contributed by atoms with Crippen molar-refractivity contribution < 1.29 is 9.59 Å². The predicted octanol–water partition coefficient (Wildman–Crippen LogP) is 3.24. The molecule has 0 aromatic rings. The largest absolute Gasteiger partial charge is 0.279 e. The number of fused-ring (bicyclic) bond motifs is 1. The first-order valence-electron chi connectivity index (χ1n) is 7.24. The lowest BCUT2D eigenvalue weighted by Crippen LogP contribution is -2.41. The van der Waals surface area contributed by atoms with E-state index in [4.69, 9.17) is 0 Å². The van der Waals surface area contributed by atoms with E-state index in [0.717, 1.165) is 38.5 Å². The number of amides is 2. The molecule has 2 saturated carbocycles. The number of halogens is 2. The Morgan fingerprint density at radius 2 is 1.32 bits per heavy atom. The molecule has 3 rings (SSSR count). The van der Waals surface area contributed by atoms with Crippen LogP contribution in [0.4, 0.5) is 0 Å². The van der Waals surface area contributed by atoms with Crippen molar-refractivity contribution in [3.63, 3.8) is 0 Å². The van der Waals surface area contributed by atoms with Crippen LogP contribution in [0.2, 0.25) is 0 Å². The van der Waals surface area contributed by atoms with E-state index < -0.39 is 0 Å². The fourth-order valence-corrected chi connectivity index (χ4v) is 5.06. The topological polar surface area (TPSA) is 37.4 Å². The summed E-state index contributed by atoms with van der Waals surface area (Å²) in [5, 5.41) is 0. The first-order valence-corrected chi connectivity index (χ1v) is 9.07. The van der Waals surface area contributed by atoms with Crippen molar-refractivity contribution >= 4 is 43.7 Å². The normalized spacial score (nSPS) is 40.6. The number of carbonyl (C=O) groups is 2. The van der Waals surface area contributed by atoms with Gasteiger partial charge < -0.3 is 0 Å². The molecule has 0 radical (unpaired) electrons. The quantitative estimate of drug-likeness (QED) is 0.507. The maximum atomic E-state index is 12.6. The lowest BCUT2D eigenvalue weighted by atomic mass is 9.81.